The second-order valence-corrected chi connectivity index (χ2v) is 7.32. The molecule has 1 aromatic carbocycles. The summed E-state index contributed by atoms with van der Waals surface area (Å²) in [6.45, 7) is 9.76. The van der Waals surface area contributed by atoms with Crippen molar-refractivity contribution in [2.45, 2.75) is 59.4 Å². The van der Waals surface area contributed by atoms with Crippen LogP contribution in [0.25, 0.3) is 0 Å². The van der Waals surface area contributed by atoms with Crippen LogP contribution in [0.15, 0.2) is 12.1 Å². The summed E-state index contributed by atoms with van der Waals surface area (Å²) in [5.74, 6) is -1.42. The fourth-order valence-corrected chi connectivity index (χ4v) is 3.62. The van der Waals surface area contributed by atoms with Crippen LogP contribution in [0.3, 0.4) is 0 Å². The molecule has 2 atom stereocenters. The quantitative estimate of drug-likeness (QED) is 0.798. The zero-order valence-corrected chi connectivity index (χ0v) is 15.5. The summed E-state index contributed by atoms with van der Waals surface area (Å²) in [6.07, 6.45) is 0.299. The van der Waals surface area contributed by atoms with Crippen LogP contribution in [0.2, 0.25) is 0 Å². The Bertz CT molecular complexity index is 667. The summed E-state index contributed by atoms with van der Waals surface area (Å²) in [5, 5.41) is 0. The van der Waals surface area contributed by atoms with E-state index in [1.807, 2.05) is 46.8 Å². The molecule has 1 amide bonds. The molecule has 1 saturated carbocycles. The maximum absolute atomic E-state index is 12.8. The topological polar surface area (TPSA) is 54.5 Å². The molecular formula is C20H27NO3. The summed E-state index contributed by atoms with van der Waals surface area (Å²) in [6, 6.07) is 4.10. The molecule has 4 nitrogen and oxygen atoms in total. The second-order valence-electron chi connectivity index (χ2n) is 7.32. The van der Waals surface area contributed by atoms with E-state index in [-0.39, 0.29) is 36.4 Å². The van der Waals surface area contributed by atoms with E-state index in [2.05, 4.69) is 0 Å². The first kappa shape index (κ1) is 18.4. The maximum Gasteiger partial charge on any atom is 0.223 e. The zero-order valence-electron chi connectivity index (χ0n) is 15.5. The number of amides is 1. The lowest BCUT2D eigenvalue weighted by Gasteiger charge is -2.22. The summed E-state index contributed by atoms with van der Waals surface area (Å²) >= 11 is 0. The van der Waals surface area contributed by atoms with E-state index in [1.54, 1.807) is 11.9 Å². The molecule has 1 aliphatic rings. The van der Waals surface area contributed by atoms with Gasteiger partial charge in [0, 0.05) is 31.8 Å². The van der Waals surface area contributed by atoms with Gasteiger partial charge in [-0.2, -0.15) is 0 Å². The van der Waals surface area contributed by atoms with Gasteiger partial charge in [-0.25, -0.2) is 0 Å². The first-order valence-corrected chi connectivity index (χ1v) is 8.53. The average Bonchev–Trinajstić information content (AvgIpc) is 2.73. The fraction of sp³-hybridized carbons (Fsp3) is 0.550. The van der Waals surface area contributed by atoms with Crippen molar-refractivity contribution in [2.75, 3.05) is 7.05 Å². The third-order valence-electron chi connectivity index (χ3n) is 5.07. The minimum atomic E-state index is -0.701. The molecule has 0 N–H and O–H groups in total. The molecule has 0 saturated heterocycles. The number of benzene rings is 1. The van der Waals surface area contributed by atoms with Crippen LogP contribution in [0, 0.1) is 26.7 Å². The number of ketones is 2. The van der Waals surface area contributed by atoms with Gasteiger partial charge < -0.3 is 4.90 Å². The summed E-state index contributed by atoms with van der Waals surface area (Å²) in [4.78, 5) is 39.3. The predicted molar refractivity (Wildman–Crippen MR) is 94.0 cm³/mol. The Morgan fingerprint density at radius 1 is 1.17 bits per heavy atom. The van der Waals surface area contributed by atoms with Gasteiger partial charge in [-0.1, -0.05) is 17.7 Å². The lowest BCUT2D eigenvalue weighted by molar-refractivity contribution is -0.135. The Balaban J connectivity index is 2.26. The van der Waals surface area contributed by atoms with Gasteiger partial charge >= 0.3 is 0 Å². The Morgan fingerprint density at radius 2 is 1.71 bits per heavy atom. The molecule has 0 aromatic heterocycles. The van der Waals surface area contributed by atoms with Gasteiger partial charge in [0.1, 0.15) is 11.7 Å². The van der Waals surface area contributed by atoms with Crippen LogP contribution in [-0.2, 0) is 14.4 Å². The minimum absolute atomic E-state index is 0.0555. The minimum Gasteiger partial charge on any atom is -0.343 e. The predicted octanol–water partition coefficient (Wildman–Crippen LogP) is 3.11. The first-order valence-electron chi connectivity index (χ1n) is 8.53. The van der Waals surface area contributed by atoms with Crippen LogP contribution in [0.5, 0.6) is 0 Å². The van der Waals surface area contributed by atoms with Crippen LogP contribution in [0.1, 0.15) is 54.9 Å². The molecule has 130 valence electrons. The van der Waals surface area contributed by atoms with Crippen molar-refractivity contribution in [3.8, 4) is 0 Å². The molecule has 2 unspecified atom stereocenters. The summed E-state index contributed by atoms with van der Waals surface area (Å²) < 4.78 is 0. The number of carbonyl (C=O) groups excluding carboxylic acids is 3. The summed E-state index contributed by atoms with van der Waals surface area (Å²) in [7, 11) is 1.74. The highest BCUT2D eigenvalue weighted by molar-refractivity contribution is 6.15. The van der Waals surface area contributed by atoms with Gasteiger partial charge in [-0.3, -0.25) is 14.4 Å². The van der Waals surface area contributed by atoms with E-state index in [0.717, 1.165) is 22.3 Å². The molecule has 4 heteroatoms. The molecule has 0 aliphatic heterocycles. The van der Waals surface area contributed by atoms with Gasteiger partial charge in [0.05, 0.1) is 0 Å². The molecule has 2 rings (SSSR count). The fourth-order valence-electron chi connectivity index (χ4n) is 3.62. The van der Waals surface area contributed by atoms with Gasteiger partial charge in [-0.05, 0) is 51.3 Å². The van der Waals surface area contributed by atoms with E-state index in [4.69, 9.17) is 0 Å². The highest BCUT2D eigenvalue weighted by Crippen LogP contribution is 2.37. The van der Waals surface area contributed by atoms with Gasteiger partial charge in [0.15, 0.2) is 5.78 Å². The molecular weight excluding hydrogens is 302 g/mol. The van der Waals surface area contributed by atoms with Crippen LogP contribution >= 0.6 is 0 Å². The molecule has 24 heavy (non-hydrogen) atoms. The van der Waals surface area contributed by atoms with Gasteiger partial charge in [0.2, 0.25) is 5.91 Å². The monoisotopic (exact) mass is 329 g/mol. The van der Waals surface area contributed by atoms with E-state index < -0.39 is 11.8 Å². The Hall–Kier alpha value is -1.97. The van der Waals surface area contributed by atoms with Crippen molar-refractivity contribution < 1.29 is 14.4 Å². The molecule has 1 aliphatic carbocycles. The van der Waals surface area contributed by atoms with Crippen LogP contribution < -0.4 is 0 Å². The smallest absolute Gasteiger partial charge is 0.223 e. The van der Waals surface area contributed by atoms with Gasteiger partial charge in [-0.15, -0.1) is 0 Å². The average molecular weight is 329 g/mol. The third kappa shape index (κ3) is 3.42. The van der Waals surface area contributed by atoms with Crippen LogP contribution in [0.4, 0.5) is 0 Å². The normalized spacial score (nSPS) is 20.8. The number of hydrogen-bond donors (Lipinski definition) is 0. The number of carbonyl (C=O) groups is 3. The molecule has 0 radical (unpaired) electrons. The highest BCUT2D eigenvalue weighted by atomic mass is 16.2. The number of aryl methyl sites for hydroxylation is 3. The maximum atomic E-state index is 12.8. The van der Waals surface area contributed by atoms with E-state index in [1.165, 1.54) is 0 Å². The lowest BCUT2D eigenvalue weighted by atomic mass is 9.86. The largest absolute Gasteiger partial charge is 0.343 e. The molecule has 0 bridgehead atoms. The number of hydrogen-bond acceptors (Lipinski definition) is 3. The standard InChI is InChI=1S/C20H27NO3/c1-11(2)21(6)17(23)10-15-9-16(22)19(20(15)24)18-13(4)7-12(3)8-14(18)5/h7-8,11,15,19H,9-10H2,1-6H3. The number of rotatable bonds is 4. The third-order valence-corrected chi connectivity index (χ3v) is 5.07. The van der Waals surface area contributed by atoms with Gasteiger partial charge in [0.25, 0.3) is 0 Å². The van der Waals surface area contributed by atoms with E-state index >= 15 is 0 Å². The second kappa shape index (κ2) is 6.88. The van der Waals surface area contributed by atoms with Crippen molar-refractivity contribution in [3.05, 3.63) is 34.4 Å². The summed E-state index contributed by atoms with van der Waals surface area (Å²) in [5.41, 5.74) is 3.91. The van der Waals surface area contributed by atoms with Crippen molar-refractivity contribution in [1.82, 2.24) is 4.90 Å². The molecule has 0 heterocycles. The van der Waals surface area contributed by atoms with E-state index in [0.29, 0.717) is 0 Å². The molecule has 1 fully saturated rings. The van der Waals surface area contributed by atoms with E-state index in [9.17, 15) is 14.4 Å². The van der Waals surface area contributed by atoms with Crippen molar-refractivity contribution in [2.24, 2.45) is 5.92 Å². The van der Waals surface area contributed by atoms with Crippen LogP contribution in [-0.4, -0.2) is 35.5 Å². The van der Waals surface area contributed by atoms with Crippen molar-refractivity contribution in [1.29, 1.82) is 0 Å². The molecule has 0 spiro atoms. The Morgan fingerprint density at radius 3 is 2.21 bits per heavy atom. The number of nitrogens with zero attached hydrogens (tertiary/aromatic N) is 1. The highest BCUT2D eigenvalue weighted by Gasteiger charge is 2.44. The SMILES string of the molecule is Cc1cc(C)c(C2C(=O)CC(CC(=O)N(C)C(C)C)C2=O)c(C)c1. The van der Waals surface area contributed by atoms with Crippen molar-refractivity contribution in [3.63, 3.8) is 0 Å². The molecule has 1 aromatic rings. The van der Waals surface area contributed by atoms with Crippen molar-refractivity contribution >= 4 is 17.5 Å². The lowest BCUT2D eigenvalue weighted by Crippen LogP contribution is -2.34. The Kier molecular flexibility index (Phi) is 5.26. The first-order chi connectivity index (χ1) is 11.1. The zero-order chi connectivity index (χ0) is 18.2. The Labute approximate surface area is 144 Å². The number of Topliss-reactive ketones (excluding diaryl/α,β-unsaturated/α-hetero) is 2.